The number of hydrogen-bond acceptors (Lipinski definition) is 3. The van der Waals surface area contributed by atoms with Gasteiger partial charge in [0.15, 0.2) is 5.79 Å². The Bertz CT molecular complexity index is 270. The van der Waals surface area contributed by atoms with Gasteiger partial charge in [-0.05, 0) is 32.2 Å². The molecule has 2 heterocycles. The van der Waals surface area contributed by atoms with E-state index in [2.05, 4.69) is 5.32 Å². The fourth-order valence-electron chi connectivity index (χ4n) is 3.31. The molecule has 0 aromatic carbocycles. The predicted molar refractivity (Wildman–Crippen MR) is 67.3 cm³/mol. The van der Waals surface area contributed by atoms with E-state index < -0.39 is 5.79 Å². The molecule has 0 radical (unpaired) electrons. The average molecular weight is 260 g/mol. The maximum absolute atomic E-state index is 6.41. The van der Waals surface area contributed by atoms with Crippen LogP contribution in [0.5, 0.6) is 0 Å². The summed E-state index contributed by atoms with van der Waals surface area (Å²) < 4.78 is 12.2. The molecular formula is C13H22ClNO2. The molecule has 3 rings (SSSR count). The van der Waals surface area contributed by atoms with Gasteiger partial charge in [-0.2, -0.15) is 0 Å². The zero-order valence-electron chi connectivity index (χ0n) is 10.3. The standard InChI is InChI=1S/C13H22ClNO2/c14-12-6-1-3-7-13(12)16-9-11(17-13)10-5-2-4-8-15-10/h10-12,15H,1-9H2. The quantitative estimate of drug-likeness (QED) is 0.734. The van der Waals surface area contributed by atoms with Gasteiger partial charge in [0.2, 0.25) is 0 Å². The number of piperidine rings is 1. The van der Waals surface area contributed by atoms with Gasteiger partial charge in [0.1, 0.15) is 0 Å². The molecule has 1 aliphatic carbocycles. The molecule has 0 amide bonds. The van der Waals surface area contributed by atoms with E-state index in [-0.39, 0.29) is 11.5 Å². The van der Waals surface area contributed by atoms with E-state index in [1.54, 1.807) is 0 Å². The molecule has 3 nitrogen and oxygen atoms in total. The molecule has 1 spiro atoms. The van der Waals surface area contributed by atoms with Crippen LogP contribution in [0.25, 0.3) is 0 Å². The molecule has 0 aromatic heterocycles. The Kier molecular flexibility index (Phi) is 3.62. The van der Waals surface area contributed by atoms with E-state index >= 15 is 0 Å². The number of hydrogen-bond donors (Lipinski definition) is 1. The summed E-state index contributed by atoms with van der Waals surface area (Å²) in [6.45, 7) is 1.82. The molecule has 4 heteroatoms. The summed E-state index contributed by atoms with van der Waals surface area (Å²) in [7, 11) is 0. The minimum atomic E-state index is -0.469. The Morgan fingerprint density at radius 2 is 2.00 bits per heavy atom. The van der Waals surface area contributed by atoms with Crippen molar-refractivity contribution >= 4 is 11.6 Å². The normalized spacial score (nSPS) is 47.5. The lowest BCUT2D eigenvalue weighted by molar-refractivity contribution is -0.186. The van der Waals surface area contributed by atoms with Crippen LogP contribution in [0.4, 0.5) is 0 Å². The van der Waals surface area contributed by atoms with Crippen molar-refractivity contribution in [2.24, 2.45) is 0 Å². The van der Waals surface area contributed by atoms with Gasteiger partial charge in [0, 0.05) is 12.5 Å². The maximum Gasteiger partial charge on any atom is 0.185 e. The Morgan fingerprint density at radius 3 is 2.76 bits per heavy atom. The van der Waals surface area contributed by atoms with E-state index in [0.717, 1.165) is 19.4 Å². The molecule has 0 aromatic rings. The fraction of sp³-hybridized carbons (Fsp3) is 1.00. The average Bonchev–Trinajstić information content (AvgIpc) is 2.80. The third-order valence-corrected chi connectivity index (χ3v) is 4.90. The molecule has 3 fully saturated rings. The Labute approximate surface area is 108 Å². The van der Waals surface area contributed by atoms with Crippen LogP contribution in [0, 0.1) is 0 Å². The van der Waals surface area contributed by atoms with Crippen molar-refractivity contribution in [1.82, 2.24) is 5.32 Å². The van der Waals surface area contributed by atoms with Crippen LogP contribution in [0.15, 0.2) is 0 Å². The topological polar surface area (TPSA) is 30.5 Å². The summed E-state index contributed by atoms with van der Waals surface area (Å²) in [6, 6.07) is 0.467. The summed E-state index contributed by atoms with van der Waals surface area (Å²) in [5.74, 6) is -0.469. The number of rotatable bonds is 1. The molecule has 1 saturated carbocycles. The maximum atomic E-state index is 6.41. The molecule has 2 aliphatic heterocycles. The van der Waals surface area contributed by atoms with E-state index in [9.17, 15) is 0 Å². The second-order valence-corrected chi connectivity index (χ2v) is 6.08. The SMILES string of the molecule is ClC1CCCCC12OCC(C1CCCCN1)O2. The molecule has 4 atom stereocenters. The molecule has 3 aliphatic rings. The zero-order chi connectivity index (χ0) is 11.7. The van der Waals surface area contributed by atoms with Crippen molar-refractivity contribution in [1.29, 1.82) is 0 Å². The van der Waals surface area contributed by atoms with Crippen LogP contribution in [0.1, 0.15) is 44.9 Å². The van der Waals surface area contributed by atoms with Crippen molar-refractivity contribution in [3.63, 3.8) is 0 Å². The molecular weight excluding hydrogens is 238 g/mol. The molecule has 2 saturated heterocycles. The highest BCUT2D eigenvalue weighted by molar-refractivity contribution is 6.21. The van der Waals surface area contributed by atoms with Crippen LogP contribution in [-0.4, -0.2) is 36.5 Å². The van der Waals surface area contributed by atoms with Gasteiger partial charge < -0.3 is 14.8 Å². The van der Waals surface area contributed by atoms with E-state index in [1.165, 1.54) is 32.1 Å². The molecule has 1 N–H and O–H groups in total. The number of nitrogens with one attached hydrogen (secondary N) is 1. The molecule has 0 bridgehead atoms. The van der Waals surface area contributed by atoms with Crippen molar-refractivity contribution in [3.05, 3.63) is 0 Å². The highest BCUT2D eigenvalue weighted by Crippen LogP contribution is 2.41. The van der Waals surface area contributed by atoms with Crippen LogP contribution >= 0.6 is 11.6 Å². The highest BCUT2D eigenvalue weighted by Gasteiger charge is 2.50. The van der Waals surface area contributed by atoms with E-state index in [4.69, 9.17) is 21.1 Å². The van der Waals surface area contributed by atoms with Crippen molar-refractivity contribution < 1.29 is 9.47 Å². The smallest absolute Gasteiger partial charge is 0.185 e. The van der Waals surface area contributed by atoms with Crippen molar-refractivity contribution in [2.75, 3.05) is 13.2 Å². The summed E-state index contributed by atoms with van der Waals surface area (Å²) in [5.41, 5.74) is 0. The monoisotopic (exact) mass is 259 g/mol. The Morgan fingerprint density at radius 1 is 1.12 bits per heavy atom. The van der Waals surface area contributed by atoms with Gasteiger partial charge in [0.05, 0.1) is 18.1 Å². The third kappa shape index (κ3) is 2.35. The first kappa shape index (κ1) is 12.2. The number of alkyl halides is 1. The van der Waals surface area contributed by atoms with Crippen molar-refractivity contribution in [3.8, 4) is 0 Å². The Balaban J connectivity index is 1.63. The van der Waals surface area contributed by atoms with Gasteiger partial charge in [-0.1, -0.05) is 12.8 Å². The van der Waals surface area contributed by atoms with Crippen molar-refractivity contribution in [2.45, 2.75) is 68.3 Å². The third-order valence-electron chi connectivity index (χ3n) is 4.35. The van der Waals surface area contributed by atoms with Gasteiger partial charge in [-0.15, -0.1) is 11.6 Å². The van der Waals surface area contributed by atoms with Crippen LogP contribution in [-0.2, 0) is 9.47 Å². The van der Waals surface area contributed by atoms with Gasteiger partial charge >= 0.3 is 0 Å². The predicted octanol–water partition coefficient (Wildman–Crippen LogP) is 2.42. The zero-order valence-corrected chi connectivity index (χ0v) is 11.0. The highest BCUT2D eigenvalue weighted by atomic mass is 35.5. The molecule has 4 unspecified atom stereocenters. The van der Waals surface area contributed by atoms with Crippen LogP contribution in [0.3, 0.4) is 0 Å². The largest absolute Gasteiger partial charge is 0.346 e. The number of ether oxygens (including phenoxy) is 2. The summed E-state index contributed by atoms with van der Waals surface area (Å²) >= 11 is 6.41. The first-order chi connectivity index (χ1) is 8.30. The lowest BCUT2D eigenvalue weighted by atomic mass is 9.93. The fourth-order valence-corrected chi connectivity index (χ4v) is 3.69. The summed E-state index contributed by atoms with van der Waals surface area (Å²) in [6.07, 6.45) is 8.36. The van der Waals surface area contributed by atoms with Gasteiger partial charge in [0.25, 0.3) is 0 Å². The molecule has 17 heavy (non-hydrogen) atoms. The molecule has 98 valence electrons. The van der Waals surface area contributed by atoms with Gasteiger partial charge in [-0.3, -0.25) is 0 Å². The van der Waals surface area contributed by atoms with Crippen LogP contribution in [0.2, 0.25) is 0 Å². The number of halogens is 1. The first-order valence-electron chi connectivity index (χ1n) is 6.99. The summed E-state index contributed by atoms with van der Waals surface area (Å²) in [5, 5.41) is 3.58. The minimum Gasteiger partial charge on any atom is -0.346 e. The van der Waals surface area contributed by atoms with Gasteiger partial charge in [-0.25, -0.2) is 0 Å². The van der Waals surface area contributed by atoms with E-state index in [0.29, 0.717) is 12.6 Å². The minimum absolute atomic E-state index is 0.0323. The summed E-state index contributed by atoms with van der Waals surface area (Å²) in [4.78, 5) is 0. The second-order valence-electron chi connectivity index (χ2n) is 5.55. The lowest BCUT2D eigenvalue weighted by Gasteiger charge is -2.37. The van der Waals surface area contributed by atoms with Crippen LogP contribution < -0.4 is 5.32 Å². The second kappa shape index (κ2) is 5.04. The van der Waals surface area contributed by atoms with E-state index in [1.807, 2.05) is 0 Å². The Hall–Kier alpha value is 0.170. The lowest BCUT2D eigenvalue weighted by Crippen LogP contribution is -2.48. The first-order valence-corrected chi connectivity index (χ1v) is 7.43.